The first kappa shape index (κ1) is 15.0. The van der Waals surface area contributed by atoms with E-state index in [1.165, 1.54) is 6.20 Å². The van der Waals surface area contributed by atoms with Crippen LogP contribution in [-0.2, 0) is 11.8 Å². The Balaban J connectivity index is 2.31. The fraction of sp³-hybridized carbons (Fsp3) is 0.429. The lowest BCUT2D eigenvalue weighted by Crippen LogP contribution is -2.44. The van der Waals surface area contributed by atoms with E-state index in [2.05, 4.69) is 15.4 Å². The van der Waals surface area contributed by atoms with Crippen LogP contribution in [0.1, 0.15) is 29.9 Å². The third kappa shape index (κ3) is 2.86. The summed E-state index contributed by atoms with van der Waals surface area (Å²) in [6, 6.07) is 0.752. The molecule has 7 heteroatoms. The molecule has 0 fully saturated rings. The summed E-state index contributed by atoms with van der Waals surface area (Å²) >= 11 is 0. The van der Waals surface area contributed by atoms with E-state index in [-0.39, 0.29) is 5.92 Å². The maximum absolute atomic E-state index is 12.2. The number of hydrogen-bond acceptors (Lipinski definition) is 4. The van der Waals surface area contributed by atoms with Crippen molar-refractivity contribution in [3.05, 3.63) is 23.5 Å². The van der Waals surface area contributed by atoms with Crippen molar-refractivity contribution in [1.29, 1.82) is 0 Å². The molecule has 2 heterocycles. The highest BCUT2D eigenvalue weighted by Gasteiger charge is 2.24. The van der Waals surface area contributed by atoms with Gasteiger partial charge in [0.1, 0.15) is 6.04 Å². The van der Waals surface area contributed by atoms with Crippen LogP contribution in [-0.4, -0.2) is 37.8 Å². The summed E-state index contributed by atoms with van der Waals surface area (Å²) < 4.78 is 1.64. The lowest BCUT2D eigenvalue weighted by Gasteiger charge is -2.17. The number of pyridine rings is 1. The van der Waals surface area contributed by atoms with E-state index in [4.69, 9.17) is 5.11 Å². The summed E-state index contributed by atoms with van der Waals surface area (Å²) in [6.45, 7) is 5.32. The molecule has 0 unspecified atom stereocenters. The summed E-state index contributed by atoms with van der Waals surface area (Å²) in [6.07, 6.45) is 1.43. The van der Waals surface area contributed by atoms with Crippen LogP contribution in [0.4, 0.5) is 0 Å². The van der Waals surface area contributed by atoms with E-state index in [0.29, 0.717) is 11.2 Å². The number of carbonyl (C=O) groups is 2. The maximum Gasteiger partial charge on any atom is 0.326 e. The number of carboxylic acids is 1. The number of fused-ring (bicyclic) bond motifs is 1. The van der Waals surface area contributed by atoms with E-state index in [1.54, 1.807) is 31.6 Å². The van der Waals surface area contributed by atoms with Gasteiger partial charge < -0.3 is 10.4 Å². The Kier molecular flexibility index (Phi) is 3.93. The third-order valence-electron chi connectivity index (χ3n) is 3.34. The second-order valence-electron chi connectivity index (χ2n) is 5.34. The van der Waals surface area contributed by atoms with Crippen molar-refractivity contribution in [2.75, 3.05) is 0 Å². The van der Waals surface area contributed by atoms with Crippen molar-refractivity contribution in [3.63, 3.8) is 0 Å². The fourth-order valence-electron chi connectivity index (χ4n) is 2.17. The average molecular weight is 290 g/mol. The first-order chi connectivity index (χ1) is 9.81. The van der Waals surface area contributed by atoms with Gasteiger partial charge in [0.2, 0.25) is 0 Å². The Labute approximate surface area is 122 Å². The highest BCUT2D eigenvalue weighted by atomic mass is 16.4. The highest BCUT2D eigenvalue weighted by molar-refractivity contribution is 5.99. The molecule has 1 amide bonds. The van der Waals surface area contributed by atoms with Crippen LogP contribution >= 0.6 is 0 Å². The molecule has 1 atom stereocenters. The van der Waals surface area contributed by atoms with Gasteiger partial charge in [-0.25, -0.2) is 9.78 Å². The minimum atomic E-state index is -1.05. The summed E-state index contributed by atoms with van der Waals surface area (Å²) in [5, 5.41) is 16.6. The monoisotopic (exact) mass is 290 g/mol. The van der Waals surface area contributed by atoms with Gasteiger partial charge in [-0.1, -0.05) is 13.8 Å². The van der Waals surface area contributed by atoms with Crippen molar-refractivity contribution in [2.45, 2.75) is 26.8 Å². The number of carbonyl (C=O) groups excluding carboxylic acids is 1. The summed E-state index contributed by atoms with van der Waals surface area (Å²) in [5.74, 6) is -1.71. The second-order valence-corrected chi connectivity index (χ2v) is 5.34. The van der Waals surface area contributed by atoms with Crippen LogP contribution in [0.2, 0.25) is 0 Å². The molecule has 0 aliphatic rings. The first-order valence-electron chi connectivity index (χ1n) is 6.64. The molecular formula is C14H18N4O3. The SMILES string of the molecule is Cc1nn(C)c2ncc(C(=O)N[C@@H](C(=O)O)C(C)C)cc12. The van der Waals surface area contributed by atoms with Crippen molar-refractivity contribution in [2.24, 2.45) is 13.0 Å². The minimum Gasteiger partial charge on any atom is -0.480 e. The number of carboxylic acid groups (broad SMARTS) is 1. The molecule has 0 aliphatic heterocycles. The molecule has 0 saturated heterocycles. The molecule has 7 nitrogen and oxygen atoms in total. The van der Waals surface area contributed by atoms with Crippen molar-refractivity contribution < 1.29 is 14.7 Å². The van der Waals surface area contributed by atoms with Gasteiger partial charge in [0.05, 0.1) is 11.3 Å². The minimum absolute atomic E-state index is 0.205. The number of amides is 1. The van der Waals surface area contributed by atoms with Crippen LogP contribution in [0.5, 0.6) is 0 Å². The smallest absolute Gasteiger partial charge is 0.326 e. The number of aryl methyl sites for hydroxylation is 2. The topological polar surface area (TPSA) is 97.1 Å². The molecule has 0 bridgehead atoms. The number of nitrogens with one attached hydrogen (secondary N) is 1. The predicted molar refractivity (Wildman–Crippen MR) is 77.0 cm³/mol. The van der Waals surface area contributed by atoms with E-state index >= 15 is 0 Å². The lowest BCUT2D eigenvalue weighted by molar-refractivity contribution is -0.140. The van der Waals surface area contributed by atoms with Gasteiger partial charge >= 0.3 is 5.97 Å². The zero-order valence-electron chi connectivity index (χ0n) is 12.4. The van der Waals surface area contributed by atoms with Crippen molar-refractivity contribution >= 4 is 22.9 Å². The van der Waals surface area contributed by atoms with Gasteiger partial charge in [0.25, 0.3) is 5.91 Å². The molecule has 0 radical (unpaired) electrons. The maximum atomic E-state index is 12.2. The van der Waals surface area contributed by atoms with E-state index in [9.17, 15) is 9.59 Å². The Morgan fingerprint density at radius 2 is 2.05 bits per heavy atom. The summed E-state index contributed by atoms with van der Waals surface area (Å²) in [5.41, 5.74) is 1.78. The second kappa shape index (κ2) is 5.51. The fourth-order valence-corrected chi connectivity index (χ4v) is 2.17. The van der Waals surface area contributed by atoms with E-state index in [0.717, 1.165) is 11.1 Å². The third-order valence-corrected chi connectivity index (χ3v) is 3.34. The highest BCUT2D eigenvalue weighted by Crippen LogP contribution is 2.16. The van der Waals surface area contributed by atoms with Gasteiger partial charge in [0, 0.05) is 18.6 Å². The number of hydrogen-bond donors (Lipinski definition) is 2. The molecule has 0 aromatic carbocycles. The number of aliphatic carboxylic acids is 1. The Hall–Kier alpha value is -2.44. The molecular weight excluding hydrogens is 272 g/mol. The Bertz CT molecular complexity index is 706. The zero-order valence-corrected chi connectivity index (χ0v) is 12.4. The molecule has 112 valence electrons. The molecule has 2 rings (SSSR count). The normalized spacial score (nSPS) is 12.6. The standard InChI is InChI=1S/C14H18N4O3/c1-7(2)11(14(20)21)16-13(19)9-5-10-8(3)17-18(4)12(10)15-6-9/h5-7,11H,1-4H3,(H,16,19)(H,20,21)/t11-/m1/s1. The molecule has 21 heavy (non-hydrogen) atoms. The lowest BCUT2D eigenvalue weighted by atomic mass is 10.0. The van der Waals surface area contributed by atoms with Gasteiger partial charge in [-0.05, 0) is 18.9 Å². The van der Waals surface area contributed by atoms with Gasteiger partial charge in [-0.15, -0.1) is 0 Å². The Morgan fingerprint density at radius 1 is 1.38 bits per heavy atom. The number of aromatic nitrogens is 3. The van der Waals surface area contributed by atoms with Gasteiger partial charge in [0.15, 0.2) is 5.65 Å². The quantitative estimate of drug-likeness (QED) is 0.879. The van der Waals surface area contributed by atoms with Crippen LogP contribution in [0.15, 0.2) is 12.3 Å². The molecule has 0 saturated carbocycles. The molecule has 2 N–H and O–H groups in total. The zero-order chi connectivity index (χ0) is 15.7. The average Bonchev–Trinajstić information content (AvgIpc) is 2.70. The summed E-state index contributed by atoms with van der Waals surface area (Å²) in [7, 11) is 1.78. The van der Waals surface area contributed by atoms with Crippen LogP contribution in [0, 0.1) is 12.8 Å². The number of nitrogens with zero attached hydrogens (tertiary/aromatic N) is 3. The van der Waals surface area contributed by atoms with Crippen molar-refractivity contribution in [3.8, 4) is 0 Å². The molecule has 2 aromatic heterocycles. The molecule has 0 aliphatic carbocycles. The molecule has 2 aromatic rings. The van der Waals surface area contributed by atoms with Crippen LogP contribution in [0.25, 0.3) is 11.0 Å². The van der Waals surface area contributed by atoms with E-state index in [1.807, 2.05) is 6.92 Å². The van der Waals surface area contributed by atoms with Crippen molar-refractivity contribution in [1.82, 2.24) is 20.1 Å². The summed E-state index contributed by atoms with van der Waals surface area (Å²) in [4.78, 5) is 27.5. The van der Waals surface area contributed by atoms with E-state index < -0.39 is 17.9 Å². The van der Waals surface area contributed by atoms with Gasteiger partial charge in [-0.2, -0.15) is 5.10 Å². The van der Waals surface area contributed by atoms with Gasteiger partial charge in [-0.3, -0.25) is 9.48 Å². The Morgan fingerprint density at radius 3 is 2.62 bits per heavy atom. The van der Waals surface area contributed by atoms with Crippen LogP contribution in [0.3, 0.4) is 0 Å². The predicted octanol–water partition coefficient (Wildman–Crippen LogP) is 1.12. The first-order valence-corrected chi connectivity index (χ1v) is 6.64. The number of rotatable bonds is 4. The molecule has 0 spiro atoms. The van der Waals surface area contributed by atoms with Crippen LogP contribution < -0.4 is 5.32 Å². The largest absolute Gasteiger partial charge is 0.480 e.